The quantitative estimate of drug-likeness (QED) is 0.526. The molecule has 0 radical (unpaired) electrons. The van der Waals surface area contributed by atoms with Crippen LogP contribution in [0.4, 0.5) is 8.78 Å². The summed E-state index contributed by atoms with van der Waals surface area (Å²) in [7, 11) is 0. The van der Waals surface area contributed by atoms with E-state index in [0.29, 0.717) is 18.0 Å². The minimum Gasteiger partial charge on any atom is -0.388 e. The van der Waals surface area contributed by atoms with Crippen LogP contribution >= 0.6 is 11.6 Å². The Kier molecular flexibility index (Phi) is 7.02. The largest absolute Gasteiger partial charge is 0.388 e. The Labute approximate surface area is 142 Å². The van der Waals surface area contributed by atoms with Gasteiger partial charge in [-0.3, -0.25) is 4.98 Å². The molecule has 4 N–H and O–H groups in total. The van der Waals surface area contributed by atoms with Crippen LogP contribution in [0.5, 0.6) is 0 Å². The Morgan fingerprint density at radius 3 is 2.62 bits per heavy atom. The standard InChI is InChI=1S/C15H19ClF2N2O4/c16-9-1-2-10(20-6-9)3-4-19-11-5-8(7-24-15(17)18)12(21)14(23)13(11)22/h1-2,5-6,11-15,19,21-23H,3-4,7H2/t11-,12+,13+,14+/m1/s1. The molecule has 0 saturated carbocycles. The third kappa shape index (κ3) is 5.17. The van der Waals surface area contributed by atoms with Gasteiger partial charge in [0.2, 0.25) is 0 Å². The third-order valence-corrected chi connectivity index (χ3v) is 3.96. The SMILES string of the molecule is O[C@@H]1[C@@H](O)[C@@H](O)C(COC(F)F)=C[C@H]1NCCc1ccc(Cl)cn1. The molecule has 0 spiro atoms. The van der Waals surface area contributed by atoms with Crippen LogP contribution in [0.2, 0.25) is 5.02 Å². The van der Waals surface area contributed by atoms with Gasteiger partial charge in [-0.25, -0.2) is 0 Å². The average molecular weight is 365 g/mol. The van der Waals surface area contributed by atoms with E-state index in [0.717, 1.165) is 5.69 Å². The van der Waals surface area contributed by atoms with Gasteiger partial charge in [-0.15, -0.1) is 0 Å². The van der Waals surface area contributed by atoms with Crippen molar-refractivity contribution in [2.75, 3.05) is 13.2 Å². The predicted octanol–water partition coefficient (Wildman–Crippen LogP) is 0.498. The molecule has 0 bridgehead atoms. The van der Waals surface area contributed by atoms with Crippen molar-refractivity contribution in [3.8, 4) is 0 Å². The zero-order chi connectivity index (χ0) is 17.7. The van der Waals surface area contributed by atoms with E-state index < -0.39 is 37.6 Å². The van der Waals surface area contributed by atoms with Crippen molar-refractivity contribution in [2.24, 2.45) is 0 Å². The van der Waals surface area contributed by atoms with Crippen molar-refractivity contribution in [3.05, 3.63) is 40.7 Å². The molecule has 4 atom stereocenters. The minimum atomic E-state index is -2.98. The number of hydrogen-bond acceptors (Lipinski definition) is 6. The van der Waals surface area contributed by atoms with Gasteiger partial charge in [0.1, 0.15) is 18.3 Å². The molecular formula is C15H19ClF2N2O4. The molecule has 1 aliphatic rings. The summed E-state index contributed by atoms with van der Waals surface area (Å²) in [4.78, 5) is 4.13. The summed E-state index contributed by atoms with van der Waals surface area (Å²) in [6.45, 7) is -3.09. The molecule has 9 heteroatoms. The van der Waals surface area contributed by atoms with E-state index in [1.807, 2.05) is 0 Å². The number of ether oxygens (including phenoxy) is 1. The smallest absolute Gasteiger partial charge is 0.345 e. The second-order valence-corrected chi connectivity index (χ2v) is 5.87. The lowest BCUT2D eigenvalue weighted by atomic mass is 9.88. The fourth-order valence-corrected chi connectivity index (χ4v) is 2.55. The van der Waals surface area contributed by atoms with Crippen LogP contribution in [0.15, 0.2) is 30.0 Å². The lowest BCUT2D eigenvalue weighted by Gasteiger charge is -2.35. The molecule has 2 rings (SSSR count). The highest BCUT2D eigenvalue weighted by molar-refractivity contribution is 6.30. The molecule has 24 heavy (non-hydrogen) atoms. The molecule has 1 aliphatic carbocycles. The molecule has 1 aromatic rings. The molecule has 0 saturated heterocycles. The zero-order valence-corrected chi connectivity index (χ0v) is 13.4. The highest BCUT2D eigenvalue weighted by Crippen LogP contribution is 2.21. The average Bonchev–Trinajstić information content (AvgIpc) is 2.55. The maximum Gasteiger partial charge on any atom is 0.345 e. The molecule has 1 aromatic heterocycles. The molecule has 6 nitrogen and oxygen atoms in total. The molecule has 1 heterocycles. The van der Waals surface area contributed by atoms with Crippen LogP contribution in [0.3, 0.4) is 0 Å². The number of nitrogens with zero attached hydrogens (tertiary/aromatic N) is 1. The number of halogens is 3. The first kappa shape index (κ1) is 19.2. The van der Waals surface area contributed by atoms with Crippen molar-refractivity contribution in [1.29, 1.82) is 0 Å². The van der Waals surface area contributed by atoms with E-state index in [1.54, 1.807) is 12.1 Å². The van der Waals surface area contributed by atoms with E-state index in [-0.39, 0.29) is 5.57 Å². The number of aromatic nitrogens is 1. The Hall–Kier alpha value is -1.16. The van der Waals surface area contributed by atoms with Gasteiger partial charge >= 0.3 is 6.61 Å². The summed E-state index contributed by atoms with van der Waals surface area (Å²) in [5, 5.41) is 33.2. The molecule has 0 unspecified atom stereocenters. The van der Waals surface area contributed by atoms with Crippen LogP contribution in [-0.4, -0.2) is 64.4 Å². The van der Waals surface area contributed by atoms with Crippen LogP contribution in [0, 0.1) is 0 Å². The second kappa shape index (κ2) is 8.80. The van der Waals surface area contributed by atoms with Gasteiger partial charge in [-0.2, -0.15) is 8.78 Å². The fourth-order valence-electron chi connectivity index (χ4n) is 2.44. The third-order valence-electron chi connectivity index (χ3n) is 3.74. The van der Waals surface area contributed by atoms with Crippen molar-refractivity contribution in [3.63, 3.8) is 0 Å². The number of nitrogens with one attached hydrogen (secondary N) is 1. The summed E-state index contributed by atoms with van der Waals surface area (Å²) in [5.41, 5.74) is 0.873. The maximum absolute atomic E-state index is 12.1. The van der Waals surface area contributed by atoms with Gasteiger partial charge in [0.15, 0.2) is 0 Å². The molecule has 0 aromatic carbocycles. The minimum absolute atomic E-state index is 0.0928. The first-order chi connectivity index (χ1) is 11.4. The second-order valence-electron chi connectivity index (χ2n) is 5.44. The van der Waals surface area contributed by atoms with E-state index in [2.05, 4.69) is 15.0 Å². The van der Waals surface area contributed by atoms with E-state index in [9.17, 15) is 24.1 Å². The maximum atomic E-state index is 12.1. The number of pyridine rings is 1. The Bertz CT molecular complexity index is 559. The monoisotopic (exact) mass is 364 g/mol. The van der Waals surface area contributed by atoms with Crippen LogP contribution in [0.25, 0.3) is 0 Å². The highest BCUT2D eigenvalue weighted by Gasteiger charge is 2.37. The lowest BCUT2D eigenvalue weighted by molar-refractivity contribution is -0.129. The van der Waals surface area contributed by atoms with Gasteiger partial charge in [0, 0.05) is 24.9 Å². The molecular weight excluding hydrogens is 346 g/mol. The first-order valence-electron chi connectivity index (χ1n) is 7.37. The zero-order valence-electron chi connectivity index (χ0n) is 12.6. The number of hydrogen-bond donors (Lipinski definition) is 4. The first-order valence-corrected chi connectivity index (χ1v) is 7.74. The number of aliphatic hydroxyl groups is 3. The Morgan fingerprint density at radius 2 is 2.00 bits per heavy atom. The fraction of sp³-hybridized carbons (Fsp3) is 0.533. The normalized spacial score (nSPS) is 27.4. The number of aliphatic hydroxyl groups excluding tert-OH is 3. The summed E-state index contributed by atoms with van der Waals surface area (Å²) in [5.74, 6) is 0. The molecule has 0 amide bonds. The van der Waals surface area contributed by atoms with Gasteiger partial charge in [-0.1, -0.05) is 17.7 Å². The highest BCUT2D eigenvalue weighted by atomic mass is 35.5. The summed E-state index contributed by atoms with van der Waals surface area (Å²) in [6, 6.07) is 2.77. The Balaban J connectivity index is 1.94. The Morgan fingerprint density at radius 1 is 1.25 bits per heavy atom. The van der Waals surface area contributed by atoms with E-state index in [1.165, 1.54) is 12.3 Å². The molecule has 0 aliphatic heterocycles. The number of rotatable bonds is 7. The summed E-state index contributed by atoms with van der Waals surface area (Å²) in [6.07, 6.45) is -0.748. The van der Waals surface area contributed by atoms with Gasteiger partial charge in [-0.05, 0) is 17.7 Å². The lowest BCUT2D eigenvalue weighted by Crippen LogP contribution is -2.54. The van der Waals surface area contributed by atoms with Crippen molar-refractivity contribution in [1.82, 2.24) is 10.3 Å². The van der Waals surface area contributed by atoms with Gasteiger partial charge in [0.25, 0.3) is 0 Å². The molecule has 0 fully saturated rings. The van der Waals surface area contributed by atoms with Gasteiger partial charge < -0.3 is 25.4 Å². The van der Waals surface area contributed by atoms with Crippen molar-refractivity contribution >= 4 is 11.6 Å². The van der Waals surface area contributed by atoms with E-state index in [4.69, 9.17) is 11.6 Å². The topological polar surface area (TPSA) is 94.8 Å². The predicted molar refractivity (Wildman–Crippen MR) is 82.8 cm³/mol. The van der Waals surface area contributed by atoms with Crippen molar-refractivity contribution in [2.45, 2.75) is 37.4 Å². The van der Waals surface area contributed by atoms with Crippen LogP contribution < -0.4 is 5.32 Å². The summed E-state index contributed by atoms with van der Waals surface area (Å²) >= 11 is 5.75. The van der Waals surface area contributed by atoms with E-state index >= 15 is 0 Å². The van der Waals surface area contributed by atoms with Crippen LogP contribution in [0.1, 0.15) is 5.69 Å². The van der Waals surface area contributed by atoms with Crippen molar-refractivity contribution < 1.29 is 28.8 Å². The molecule has 134 valence electrons. The van der Waals surface area contributed by atoms with Crippen LogP contribution in [-0.2, 0) is 11.2 Å². The summed E-state index contributed by atoms with van der Waals surface area (Å²) < 4.78 is 28.4. The number of alkyl halides is 2. The van der Waals surface area contributed by atoms with Gasteiger partial charge in [0.05, 0.1) is 17.7 Å².